The Labute approximate surface area is 147 Å². The van der Waals surface area contributed by atoms with Gasteiger partial charge in [-0.15, -0.1) is 0 Å². The third-order valence-corrected chi connectivity index (χ3v) is 3.91. The fourth-order valence-electron chi connectivity index (χ4n) is 2.75. The van der Waals surface area contributed by atoms with Crippen molar-refractivity contribution in [3.63, 3.8) is 0 Å². The highest BCUT2D eigenvalue weighted by Gasteiger charge is 2.13. The molecule has 0 aliphatic rings. The van der Waals surface area contributed by atoms with Crippen molar-refractivity contribution in [3.8, 4) is 16.9 Å². The van der Waals surface area contributed by atoms with Crippen LogP contribution in [0.15, 0.2) is 60.7 Å². The standard InChI is InChI=1S/C20H22N4O/c21-19-18(15-9-3-1-4-10-15)17(23-20(22)24-19)13-7-8-14-25-16-11-5-2-6-12-16/h1-6,9-12H,7-8,13-14H2,(H4,21,22,23,24). The first kappa shape index (κ1) is 16.8. The van der Waals surface area contributed by atoms with Gasteiger partial charge in [-0.3, -0.25) is 0 Å². The van der Waals surface area contributed by atoms with Gasteiger partial charge in [0.05, 0.1) is 12.3 Å². The largest absolute Gasteiger partial charge is 0.494 e. The molecule has 1 aromatic heterocycles. The molecule has 0 saturated carbocycles. The Kier molecular flexibility index (Phi) is 5.46. The number of para-hydroxylation sites is 1. The van der Waals surface area contributed by atoms with E-state index in [1.807, 2.05) is 60.7 Å². The van der Waals surface area contributed by atoms with E-state index in [-0.39, 0.29) is 5.95 Å². The van der Waals surface area contributed by atoms with Gasteiger partial charge < -0.3 is 16.2 Å². The van der Waals surface area contributed by atoms with Gasteiger partial charge in [0, 0.05) is 5.56 Å². The van der Waals surface area contributed by atoms with Crippen LogP contribution in [-0.4, -0.2) is 16.6 Å². The molecule has 128 valence electrons. The normalized spacial score (nSPS) is 10.6. The summed E-state index contributed by atoms with van der Waals surface area (Å²) in [5.41, 5.74) is 14.7. The van der Waals surface area contributed by atoms with Crippen molar-refractivity contribution in [2.45, 2.75) is 19.3 Å². The van der Waals surface area contributed by atoms with Crippen molar-refractivity contribution in [3.05, 3.63) is 66.4 Å². The van der Waals surface area contributed by atoms with E-state index < -0.39 is 0 Å². The van der Waals surface area contributed by atoms with Gasteiger partial charge in [0.2, 0.25) is 5.95 Å². The Morgan fingerprint density at radius 3 is 2.20 bits per heavy atom. The Morgan fingerprint density at radius 1 is 0.800 bits per heavy atom. The molecule has 0 fully saturated rings. The van der Waals surface area contributed by atoms with Gasteiger partial charge in [0.25, 0.3) is 0 Å². The summed E-state index contributed by atoms with van der Waals surface area (Å²) >= 11 is 0. The lowest BCUT2D eigenvalue weighted by atomic mass is 10.0. The highest BCUT2D eigenvalue weighted by Crippen LogP contribution is 2.29. The molecular formula is C20H22N4O. The molecule has 0 spiro atoms. The van der Waals surface area contributed by atoms with E-state index in [0.717, 1.165) is 41.8 Å². The van der Waals surface area contributed by atoms with E-state index in [9.17, 15) is 0 Å². The van der Waals surface area contributed by atoms with Crippen molar-refractivity contribution in [1.82, 2.24) is 9.97 Å². The molecule has 2 aromatic carbocycles. The number of nitrogen functional groups attached to an aromatic ring is 2. The lowest BCUT2D eigenvalue weighted by Crippen LogP contribution is -2.07. The summed E-state index contributed by atoms with van der Waals surface area (Å²) in [6.45, 7) is 0.667. The molecule has 5 heteroatoms. The van der Waals surface area contributed by atoms with Crippen molar-refractivity contribution < 1.29 is 4.74 Å². The number of nitrogens with zero attached hydrogens (tertiary/aromatic N) is 2. The minimum atomic E-state index is 0.215. The highest BCUT2D eigenvalue weighted by molar-refractivity contribution is 5.76. The Balaban J connectivity index is 1.64. The summed E-state index contributed by atoms with van der Waals surface area (Å²) in [4.78, 5) is 8.53. The lowest BCUT2D eigenvalue weighted by molar-refractivity contribution is 0.307. The Morgan fingerprint density at radius 2 is 1.48 bits per heavy atom. The van der Waals surface area contributed by atoms with Crippen LogP contribution >= 0.6 is 0 Å². The molecule has 0 atom stereocenters. The van der Waals surface area contributed by atoms with Crippen LogP contribution in [0.3, 0.4) is 0 Å². The quantitative estimate of drug-likeness (QED) is 0.643. The smallest absolute Gasteiger partial charge is 0.222 e. The number of rotatable bonds is 7. The van der Waals surface area contributed by atoms with Crippen LogP contribution in [0.25, 0.3) is 11.1 Å². The number of hydrogen-bond donors (Lipinski definition) is 2. The van der Waals surface area contributed by atoms with Crippen molar-refractivity contribution in [2.75, 3.05) is 18.1 Å². The predicted molar refractivity (Wildman–Crippen MR) is 101 cm³/mol. The third kappa shape index (κ3) is 4.47. The van der Waals surface area contributed by atoms with E-state index >= 15 is 0 Å². The van der Waals surface area contributed by atoms with Crippen LogP contribution in [0.5, 0.6) is 5.75 Å². The van der Waals surface area contributed by atoms with E-state index in [4.69, 9.17) is 16.2 Å². The maximum Gasteiger partial charge on any atom is 0.222 e. The van der Waals surface area contributed by atoms with Crippen LogP contribution < -0.4 is 16.2 Å². The molecule has 0 bridgehead atoms. The topological polar surface area (TPSA) is 87.0 Å². The minimum absolute atomic E-state index is 0.215. The second-order valence-corrected chi connectivity index (χ2v) is 5.77. The molecule has 3 aromatic rings. The molecule has 0 unspecified atom stereocenters. The zero-order valence-corrected chi connectivity index (χ0v) is 14.1. The molecule has 3 rings (SSSR count). The molecule has 0 radical (unpaired) electrons. The number of benzene rings is 2. The van der Waals surface area contributed by atoms with Crippen molar-refractivity contribution in [1.29, 1.82) is 0 Å². The second-order valence-electron chi connectivity index (χ2n) is 5.77. The summed E-state index contributed by atoms with van der Waals surface area (Å²) < 4.78 is 5.72. The van der Waals surface area contributed by atoms with Gasteiger partial charge in [-0.25, -0.2) is 4.98 Å². The predicted octanol–water partition coefficient (Wildman–Crippen LogP) is 3.71. The average Bonchev–Trinajstić information content (AvgIpc) is 2.62. The van der Waals surface area contributed by atoms with E-state index in [1.165, 1.54) is 0 Å². The molecule has 5 nitrogen and oxygen atoms in total. The molecule has 25 heavy (non-hydrogen) atoms. The van der Waals surface area contributed by atoms with Crippen LogP contribution in [-0.2, 0) is 6.42 Å². The third-order valence-electron chi connectivity index (χ3n) is 3.91. The molecule has 0 amide bonds. The maximum absolute atomic E-state index is 6.10. The molecule has 4 N–H and O–H groups in total. The number of ether oxygens (including phenoxy) is 1. The molecule has 0 aliphatic carbocycles. The van der Waals surface area contributed by atoms with Gasteiger partial charge in [0.15, 0.2) is 0 Å². The Bertz CT molecular complexity index is 807. The Hall–Kier alpha value is -3.08. The number of aromatic nitrogens is 2. The summed E-state index contributed by atoms with van der Waals surface area (Å²) in [7, 11) is 0. The van der Waals surface area contributed by atoms with E-state index in [1.54, 1.807) is 0 Å². The first-order valence-corrected chi connectivity index (χ1v) is 8.39. The molecule has 0 saturated heterocycles. The van der Waals surface area contributed by atoms with E-state index in [2.05, 4.69) is 9.97 Å². The van der Waals surface area contributed by atoms with Gasteiger partial charge in [-0.05, 0) is 37.0 Å². The zero-order chi connectivity index (χ0) is 17.5. The fraction of sp³-hybridized carbons (Fsp3) is 0.200. The van der Waals surface area contributed by atoms with Crippen LogP contribution in [0.1, 0.15) is 18.5 Å². The monoisotopic (exact) mass is 334 g/mol. The van der Waals surface area contributed by atoms with Gasteiger partial charge in [-0.2, -0.15) is 4.98 Å². The van der Waals surface area contributed by atoms with Gasteiger partial charge in [-0.1, -0.05) is 48.5 Å². The first-order valence-electron chi connectivity index (χ1n) is 8.39. The molecule has 1 heterocycles. The van der Waals surface area contributed by atoms with Crippen molar-refractivity contribution in [2.24, 2.45) is 0 Å². The van der Waals surface area contributed by atoms with Gasteiger partial charge in [0.1, 0.15) is 11.6 Å². The SMILES string of the molecule is Nc1nc(N)c(-c2ccccc2)c(CCCCOc2ccccc2)n1. The maximum atomic E-state index is 6.10. The highest BCUT2D eigenvalue weighted by atomic mass is 16.5. The van der Waals surface area contributed by atoms with E-state index in [0.29, 0.717) is 12.4 Å². The number of hydrogen-bond acceptors (Lipinski definition) is 5. The van der Waals surface area contributed by atoms with Crippen LogP contribution in [0.2, 0.25) is 0 Å². The summed E-state index contributed by atoms with van der Waals surface area (Å²) in [6, 6.07) is 19.8. The number of nitrogens with two attached hydrogens (primary N) is 2. The summed E-state index contributed by atoms with van der Waals surface area (Å²) in [6.07, 6.45) is 2.63. The zero-order valence-electron chi connectivity index (χ0n) is 14.1. The van der Waals surface area contributed by atoms with Crippen LogP contribution in [0, 0.1) is 0 Å². The minimum Gasteiger partial charge on any atom is -0.494 e. The number of anilines is 2. The number of unbranched alkanes of at least 4 members (excludes halogenated alkanes) is 1. The number of aryl methyl sites for hydroxylation is 1. The fourth-order valence-corrected chi connectivity index (χ4v) is 2.75. The molecule has 0 aliphatic heterocycles. The summed E-state index contributed by atoms with van der Waals surface area (Å²) in [5.74, 6) is 1.53. The average molecular weight is 334 g/mol. The van der Waals surface area contributed by atoms with Gasteiger partial charge >= 0.3 is 0 Å². The summed E-state index contributed by atoms with van der Waals surface area (Å²) in [5, 5.41) is 0. The second kappa shape index (κ2) is 8.15. The molecular weight excluding hydrogens is 312 g/mol. The first-order chi connectivity index (χ1) is 12.2. The lowest BCUT2D eigenvalue weighted by Gasteiger charge is -2.12. The van der Waals surface area contributed by atoms with Crippen molar-refractivity contribution >= 4 is 11.8 Å². The van der Waals surface area contributed by atoms with Crippen LogP contribution in [0.4, 0.5) is 11.8 Å².